The van der Waals surface area contributed by atoms with Gasteiger partial charge in [-0.15, -0.1) is 0 Å². The van der Waals surface area contributed by atoms with Crippen molar-refractivity contribution in [3.8, 4) is 0 Å². The molecule has 1 aromatic carbocycles. The van der Waals surface area contributed by atoms with Crippen LogP contribution in [0.15, 0.2) is 18.5 Å². The number of aromatic nitrogens is 6. The standard InChI is InChI=1S/C21H25Cl2N9/c1-2-32-11-27-18-19(25-10-17-28-15-7-13(22)14(23)8-16(15)29-17)30-21(31-20(18)32)26-9-12-3-5-24-6-4-12/h7-8,11-12,24H,2-6,9-10H2,1H3,(H,28,29)(H2,25,26,30,31). The molecule has 11 heteroatoms. The highest BCUT2D eigenvalue weighted by atomic mass is 35.5. The third-order valence-electron chi connectivity index (χ3n) is 5.81. The molecule has 4 aromatic rings. The van der Waals surface area contributed by atoms with Gasteiger partial charge in [0.2, 0.25) is 5.95 Å². The van der Waals surface area contributed by atoms with E-state index in [1.54, 1.807) is 18.5 Å². The van der Waals surface area contributed by atoms with Crippen LogP contribution in [-0.2, 0) is 13.1 Å². The Hall–Kier alpha value is -2.62. The summed E-state index contributed by atoms with van der Waals surface area (Å²) in [4.78, 5) is 21.9. The van der Waals surface area contributed by atoms with Crippen LogP contribution in [0.25, 0.3) is 22.2 Å². The van der Waals surface area contributed by atoms with Gasteiger partial charge in [-0.25, -0.2) is 9.97 Å². The summed E-state index contributed by atoms with van der Waals surface area (Å²) >= 11 is 12.2. The van der Waals surface area contributed by atoms with Crippen LogP contribution < -0.4 is 16.0 Å². The van der Waals surface area contributed by atoms with Gasteiger partial charge in [0.25, 0.3) is 0 Å². The van der Waals surface area contributed by atoms with Crippen molar-refractivity contribution in [1.29, 1.82) is 0 Å². The second kappa shape index (κ2) is 9.09. The van der Waals surface area contributed by atoms with Crippen molar-refractivity contribution in [2.45, 2.75) is 32.9 Å². The molecule has 0 amide bonds. The number of benzene rings is 1. The lowest BCUT2D eigenvalue weighted by atomic mass is 9.98. The van der Waals surface area contributed by atoms with E-state index in [0.717, 1.165) is 67.0 Å². The zero-order chi connectivity index (χ0) is 22.1. The zero-order valence-corrected chi connectivity index (χ0v) is 19.3. The molecule has 0 saturated carbocycles. The molecule has 0 spiro atoms. The van der Waals surface area contributed by atoms with Crippen LogP contribution >= 0.6 is 23.2 Å². The fraction of sp³-hybridized carbons (Fsp3) is 0.429. The van der Waals surface area contributed by atoms with Gasteiger partial charge >= 0.3 is 0 Å². The SMILES string of the molecule is CCn1cnc2c(NCc3nc4cc(Cl)c(Cl)cc4[nH]3)nc(NCC3CCNCC3)nc21. The van der Waals surface area contributed by atoms with Crippen molar-refractivity contribution in [3.63, 3.8) is 0 Å². The molecule has 9 nitrogen and oxygen atoms in total. The second-order valence-corrected chi connectivity index (χ2v) is 8.81. The minimum Gasteiger partial charge on any atom is -0.361 e. The van der Waals surface area contributed by atoms with E-state index in [1.807, 2.05) is 4.57 Å². The molecular formula is C21H25Cl2N9. The van der Waals surface area contributed by atoms with Gasteiger partial charge in [0.15, 0.2) is 17.0 Å². The number of aromatic amines is 1. The third kappa shape index (κ3) is 4.32. The summed E-state index contributed by atoms with van der Waals surface area (Å²) in [6.45, 7) is 6.29. The van der Waals surface area contributed by atoms with E-state index < -0.39 is 0 Å². The highest BCUT2D eigenvalue weighted by Crippen LogP contribution is 2.27. The molecule has 0 aliphatic carbocycles. The van der Waals surface area contributed by atoms with E-state index in [-0.39, 0.29) is 0 Å². The topological polar surface area (TPSA) is 108 Å². The van der Waals surface area contributed by atoms with Crippen molar-refractivity contribution in [3.05, 3.63) is 34.3 Å². The molecule has 0 bridgehead atoms. The lowest BCUT2D eigenvalue weighted by molar-refractivity contribution is 0.389. The van der Waals surface area contributed by atoms with Gasteiger partial charge in [0.05, 0.1) is 34.0 Å². The minimum atomic E-state index is 0.447. The van der Waals surface area contributed by atoms with E-state index in [0.29, 0.717) is 34.3 Å². The Bertz CT molecular complexity index is 1200. The fourth-order valence-corrected chi connectivity index (χ4v) is 4.33. The van der Waals surface area contributed by atoms with E-state index in [2.05, 4.69) is 37.8 Å². The summed E-state index contributed by atoms with van der Waals surface area (Å²) in [6.07, 6.45) is 4.12. The molecule has 5 rings (SSSR count). The zero-order valence-electron chi connectivity index (χ0n) is 17.8. The molecule has 4 heterocycles. The maximum Gasteiger partial charge on any atom is 0.226 e. The first-order chi connectivity index (χ1) is 15.6. The van der Waals surface area contributed by atoms with E-state index in [9.17, 15) is 0 Å². The van der Waals surface area contributed by atoms with Crippen LogP contribution in [0, 0.1) is 5.92 Å². The Morgan fingerprint density at radius 2 is 1.91 bits per heavy atom. The number of hydrogen-bond acceptors (Lipinski definition) is 7. The van der Waals surface area contributed by atoms with Gasteiger partial charge in [0.1, 0.15) is 5.82 Å². The predicted octanol–water partition coefficient (Wildman–Crippen LogP) is 4.05. The molecule has 32 heavy (non-hydrogen) atoms. The number of nitrogens with one attached hydrogen (secondary N) is 4. The Balaban J connectivity index is 1.38. The van der Waals surface area contributed by atoms with E-state index >= 15 is 0 Å². The maximum atomic E-state index is 6.12. The number of anilines is 2. The summed E-state index contributed by atoms with van der Waals surface area (Å²) < 4.78 is 2.02. The summed E-state index contributed by atoms with van der Waals surface area (Å²) in [5, 5.41) is 11.2. The maximum absolute atomic E-state index is 6.12. The van der Waals surface area contributed by atoms with Gasteiger partial charge in [-0.3, -0.25) is 0 Å². The molecule has 4 N–H and O–H groups in total. The van der Waals surface area contributed by atoms with E-state index in [4.69, 9.17) is 33.2 Å². The van der Waals surface area contributed by atoms with Crippen molar-refractivity contribution in [1.82, 2.24) is 34.8 Å². The molecule has 1 saturated heterocycles. The molecule has 0 unspecified atom stereocenters. The molecule has 168 valence electrons. The van der Waals surface area contributed by atoms with Crippen LogP contribution in [0.5, 0.6) is 0 Å². The monoisotopic (exact) mass is 473 g/mol. The molecule has 1 aliphatic heterocycles. The number of H-pyrrole nitrogens is 1. The minimum absolute atomic E-state index is 0.447. The quantitative estimate of drug-likeness (QED) is 0.320. The average Bonchev–Trinajstić information content (AvgIpc) is 3.40. The number of imidazole rings is 2. The van der Waals surface area contributed by atoms with Crippen LogP contribution in [0.4, 0.5) is 11.8 Å². The number of nitrogens with zero attached hydrogens (tertiary/aromatic N) is 5. The average molecular weight is 474 g/mol. The number of hydrogen-bond donors (Lipinski definition) is 4. The summed E-state index contributed by atoms with van der Waals surface area (Å²) in [6, 6.07) is 3.54. The first kappa shape index (κ1) is 21.2. The molecule has 1 aliphatic rings. The first-order valence-electron chi connectivity index (χ1n) is 10.9. The van der Waals surface area contributed by atoms with Crippen molar-refractivity contribution in [2.24, 2.45) is 5.92 Å². The lowest BCUT2D eigenvalue weighted by Crippen LogP contribution is -2.31. The van der Waals surface area contributed by atoms with Gasteiger partial charge in [0, 0.05) is 13.1 Å². The van der Waals surface area contributed by atoms with Crippen molar-refractivity contribution >= 4 is 57.2 Å². The molecule has 3 aromatic heterocycles. The number of aryl methyl sites for hydroxylation is 1. The number of piperidine rings is 1. The van der Waals surface area contributed by atoms with Crippen molar-refractivity contribution < 1.29 is 0 Å². The third-order valence-corrected chi connectivity index (χ3v) is 6.53. The smallest absolute Gasteiger partial charge is 0.226 e. The lowest BCUT2D eigenvalue weighted by Gasteiger charge is -2.22. The highest BCUT2D eigenvalue weighted by molar-refractivity contribution is 6.42. The van der Waals surface area contributed by atoms with Crippen LogP contribution in [0.2, 0.25) is 10.0 Å². The second-order valence-electron chi connectivity index (χ2n) is 7.99. The Kier molecular flexibility index (Phi) is 6.03. The number of fused-ring (bicyclic) bond motifs is 2. The number of halogens is 2. The first-order valence-corrected chi connectivity index (χ1v) is 11.6. The van der Waals surface area contributed by atoms with Gasteiger partial charge in [-0.1, -0.05) is 23.2 Å². The summed E-state index contributed by atoms with van der Waals surface area (Å²) in [5.74, 6) is 2.66. The molecule has 0 radical (unpaired) electrons. The van der Waals surface area contributed by atoms with Gasteiger partial charge in [-0.05, 0) is 50.9 Å². The fourth-order valence-electron chi connectivity index (χ4n) is 4.01. The predicted molar refractivity (Wildman–Crippen MR) is 129 cm³/mol. The van der Waals surface area contributed by atoms with E-state index in [1.165, 1.54) is 0 Å². The van der Waals surface area contributed by atoms with Crippen molar-refractivity contribution in [2.75, 3.05) is 30.3 Å². The van der Waals surface area contributed by atoms with Gasteiger partial charge in [-0.2, -0.15) is 9.97 Å². The van der Waals surface area contributed by atoms with Crippen LogP contribution in [-0.4, -0.2) is 49.1 Å². The van der Waals surface area contributed by atoms with Crippen LogP contribution in [0.1, 0.15) is 25.6 Å². The Morgan fingerprint density at radius 1 is 1.09 bits per heavy atom. The molecule has 1 fully saturated rings. The van der Waals surface area contributed by atoms with Crippen LogP contribution in [0.3, 0.4) is 0 Å². The number of rotatable bonds is 7. The molecule has 0 atom stereocenters. The normalized spacial score (nSPS) is 15.0. The largest absolute Gasteiger partial charge is 0.361 e. The summed E-state index contributed by atoms with van der Waals surface area (Å²) in [5.41, 5.74) is 3.15. The summed E-state index contributed by atoms with van der Waals surface area (Å²) in [7, 11) is 0. The van der Waals surface area contributed by atoms with Gasteiger partial charge < -0.3 is 25.5 Å². The molecular weight excluding hydrogens is 449 g/mol. The highest BCUT2D eigenvalue weighted by Gasteiger charge is 2.16. The Morgan fingerprint density at radius 3 is 2.72 bits per heavy atom. The Labute approximate surface area is 195 Å².